The molecule has 0 aliphatic carbocycles. The highest BCUT2D eigenvalue weighted by Gasteiger charge is 2.35. The van der Waals surface area contributed by atoms with E-state index in [0.29, 0.717) is 5.92 Å². The van der Waals surface area contributed by atoms with Gasteiger partial charge in [0, 0.05) is 44.8 Å². The lowest BCUT2D eigenvalue weighted by atomic mass is 9.78. The van der Waals surface area contributed by atoms with E-state index < -0.39 is 0 Å². The Morgan fingerprint density at radius 1 is 1.28 bits per heavy atom. The minimum absolute atomic E-state index is 0.146. The van der Waals surface area contributed by atoms with Gasteiger partial charge in [0.05, 0.1) is 6.10 Å². The SMILES string of the molecule is CCNC(=NCC1CCCOC1C(C)(C)C)NCCCc1nnc2ccccn12. The number of nitrogens with zero attached hydrogens (tertiary/aromatic N) is 4. The Balaban J connectivity index is 1.51. The molecule has 2 unspecified atom stereocenters. The van der Waals surface area contributed by atoms with Crippen LogP contribution in [0, 0.1) is 11.3 Å². The molecule has 7 nitrogen and oxygen atoms in total. The number of aryl methyl sites for hydroxylation is 1. The zero-order chi connectivity index (χ0) is 20.7. The fourth-order valence-corrected chi connectivity index (χ4v) is 4.05. The molecule has 2 N–H and O–H groups in total. The lowest BCUT2D eigenvalue weighted by molar-refractivity contribution is -0.0823. The van der Waals surface area contributed by atoms with Crippen molar-refractivity contribution in [1.82, 2.24) is 25.2 Å². The second-order valence-electron chi connectivity index (χ2n) is 8.85. The second kappa shape index (κ2) is 10.1. The number of pyridine rings is 1. The normalized spacial score (nSPS) is 20.8. The largest absolute Gasteiger partial charge is 0.377 e. The Labute approximate surface area is 174 Å². The maximum Gasteiger partial charge on any atom is 0.191 e. The van der Waals surface area contributed by atoms with Crippen LogP contribution >= 0.6 is 0 Å². The first-order valence-electron chi connectivity index (χ1n) is 10.9. The summed E-state index contributed by atoms with van der Waals surface area (Å²) < 4.78 is 8.15. The van der Waals surface area contributed by atoms with Crippen molar-refractivity contribution < 1.29 is 4.74 Å². The third kappa shape index (κ3) is 5.92. The fourth-order valence-electron chi connectivity index (χ4n) is 4.05. The Morgan fingerprint density at radius 2 is 2.14 bits per heavy atom. The van der Waals surface area contributed by atoms with Gasteiger partial charge in [-0.3, -0.25) is 9.39 Å². The highest BCUT2D eigenvalue weighted by Crippen LogP contribution is 2.34. The summed E-state index contributed by atoms with van der Waals surface area (Å²) in [5.74, 6) is 2.36. The molecule has 1 fully saturated rings. The van der Waals surface area contributed by atoms with Gasteiger partial charge in [0.15, 0.2) is 11.6 Å². The van der Waals surface area contributed by atoms with E-state index in [1.54, 1.807) is 0 Å². The monoisotopic (exact) mass is 400 g/mol. The molecular weight excluding hydrogens is 364 g/mol. The highest BCUT2D eigenvalue weighted by molar-refractivity contribution is 5.79. The number of nitrogens with one attached hydrogen (secondary N) is 2. The number of hydrogen-bond acceptors (Lipinski definition) is 4. The smallest absolute Gasteiger partial charge is 0.191 e. The second-order valence-corrected chi connectivity index (χ2v) is 8.85. The van der Waals surface area contributed by atoms with Crippen molar-refractivity contribution in [1.29, 1.82) is 0 Å². The van der Waals surface area contributed by atoms with Gasteiger partial charge < -0.3 is 15.4 Å². The van der Waals surface area contributed by atoms with E-state index in [-0.39, 0.29) is 11.5 Å². The van der Waals surface area contributed by atoms with Gasteiger partial charge in [0.2, 0.25) is 0 Å². The van der Waals surface area contributed by atoms with E-state index in [4.69, 9.17) is 9.73 Å². The van der Waals surface area contributed by atoms with E-state index >= 15 is 0 Å². The van der Waals surface area contributed by atoms with Crippen molar-refractivity contribution in [3.63, 3.8) is 0 Å². The molecule has 2 aromatic heterocycles. The number of hydrogen-bond donors (Lipinski definition) is 2. The van der Waals surface area contributed by atoms with Gasteiger partial charge >= 0.3 is 0 Å². The molecule has 3 rings (SSSR count). The van der Waals surface area contributed by atoms with Gasteiger partial charge in [-0.15, -0.1) is 10.2 Å². The Kier molecular flexibility index (Phi) is 7.47. The average molecular weight is 401 g/mol. The summed E-state index contributed by atoms with van der Waals surface area (Å²) in [6.45, 7) is 12.2. The number of guanidine groups is 1. The summed E-state index contributed by atoms with van der Waals surface area (Å²) in [6, 6.07) is 5.97. The van der Waals surface area contributed by atoms with Crippen LogP contribution in [0.4, 0.5) is 0 Å². The molecule has 0 amide bonds. The van der Waals surface area contributed by atoms with Crippen molar-refractivity contribution >= 4 is 11.6 Å². The lowest BCUT2D eigenvalue weighted by Crippen LogP contribution is -2.43. The summed E-state index contributed by atoms with van der Waals surface area (Å²) >= 11 is 0. The van der Waals surface area contributed by atoms with E-state index in [2.05, 4.69) is 52.9 Å². The molecule has 0 bridgehead atoms. The molecule has 2 aromatic rings. The summed E-state index contributed by atoms with van der Waals surface area (Å²) in [6.07, 6.45) is 6.44. The zero-order valence-corrected chi connectivity index (χ0v) is 18.3. The maximum atomic E-state index is 6.10. The van der Waals surface area contributed by atoms with Crippen molar-refractivity contribution in [2.75, 3.05) is 26.2 Å². The summed E-state index contributed by atoms with van der Waals surface area (Å²) in [7, 11) is 0. The fraction of sp³-hybridized carbons (Fsp3) is 0.682. The third-order valence-corrected chi connectivity index (χ3v) is 5.38. The van der Waals surface area contributed by atoms with Crippen LogP contribution in [-0.4, -0.2) is 52.9 Å². The molecule has 0 spiro atoms. The van der Waals surface area contributed by atoms with Crippen molar-refractivity contribution in [2.24, 2.45) is 16.3 Å². The lowest BCUT2D eigenvalue weighted by Gasteiger charge is -2.39. The number of fused-ring (bicyclic) bond motifs is 1. The number of rotatable bonds is 7. The van der Waals surface area contributed by atoms with Crippen molar-refractivity contribution in [2.45, 2.75) is 59.5 Å². The quantitative estimate of drug-likeness (QED) is 0.424. The van der Waals surface area contributed by atoms with Gasteiger partial charge in [-0.05, 0) is 43.7 Å². The Bertz CT molecular complexity index is 794. The van der Waals surface area contributed by atoms with Gasteiger partial charge in [-0.25, -0.2) is 0 Å². The van der Waals surface area contributed by atoms with Crippen LogP contribution in [-0.2, 0) is 11.2 Å². The van der Waals surface area contributed by atoms with Crippen LogP contribution in [0.25, 0.3) is 5.65 Å². The van der Waals surface area contributed by atoms with Gasteiger partial charge in [0.25, 0.3) is 0 Å². The topological polar surface area (TPSA) is 75.8 Å². The summed E-state index contributed by atoms with van der Waals surface area (Å²) in [4.78, 5) is 4.87. The molecule has 160 valence electrons. The molecule has 7 heteroatoms. The van der Waals surface area contributed by atoms with Crippen LogP contribution in [0.1, 0.15) is 52.8 Å². The Hall–Kier alpha value is -2.15. The molecule has 0 radical (unpaired) electrons. The molecular formula is C22H36N6O. The molecule has 29 heavy (non-hydrogen) atoms. The minimum Gasteiger partial charge on any atom is -0.377 e. The summed E-state index contributed by atoms with van der Waals surface area (Å²) in [5.41, 5.74) is 1.04. The molecule has 2 atom stereocenters. The number of aromatic nitrogens is 3. The predicted molar refractivity (Wildman–Crippen MR) is 117 cm³/mol. The Morgan fingerprint density at radius 3 is 2.93 bits per heavy atom. The highest BCUT2D eigenvalue weighted by atomic mass is 16.5. The van der Waals surface area contributed by atoms with Crippen molar-refractivity contribution in [3.05, 3.63) is 30.2 Å². The molecule has 0 aromatic carbocycles. The molecule has 1 aliphatic rings. The van der Waals surface area contributed by atoms with Crippen LogP contribution in [0.15, 0.2) is 29.4 Å². The maximum absolute atomic E-state index is 6.10. The van der Waals surface area contributed by atoms with Gasteiger partial charge in [-0.2, -0.15) is 0 Å². The minimum atomic E-state index is 0.146. The third-order valence-electron chi connectivity index (χ3n) is 5.38. The molecule has 3 heterocycles. The van der Waals surface area contributed by atoms with Gasteiger partial charge in [-0.1, -0.05) is 26.8 Å². The van der Waals surface area contributed by atoms with E-state index in [9.17, 15) is 0 Å². The molecule has 1 saturated heterocycles. The van der Waals surface area contributed by atoms with Crippen LogP contribution < -0.4 is 10.6 Å². The predicted octanol–water partition coefficient (Wildman–Crippen LogP) is 3.06. The number of ether oxygens (including phenoxy) is 1. The standard InChI is InChI=1S/C22H36N6O/c1-5-23-21(25-16-17-10-9-15-29-20(17)22(2,3)4)24-13-8-12-19-27-26-18-11-6-7-14-28(18)19/h6-7,11,14,17,20H,5,8-10,12-13,15-16H2,1-4H3,(H2,23,24,25). The van der Waals surface area contributed by atoms with Crippen LogP contribution in [0.2, 0.25) is 0 Å². The van der Waals surface area contributed by atoms with E-state index in [0.717, 1.165) is 62.9 Å². The molecule has 1 aliphatic heterocycles. The summed E-state index contributed by atoms with van der Waals surface area (Å²) in [5, 5.41) is 15.3. The number of aliphatic imine (C=N–C) groups is 1. The first-order valence-corrected chi connectivity index (χ1v) is 10.9. The van der Waals surface area contributed by atoms with Crippen molar-refractivity contribution in [3.8, 4) is 0 Å². The van der Waals surface area contributed by atoms with Crippen LogP contribution in [0.5, 0.6) is 0 Å². The van der Waals surface area contributed by atoms with E-state index in [1.165, 1.54) is 6.42 Å². The average Bonchev–Trinajstić information content (AvgIpc) is 3.12. The molecule has 0 saturated carbocycles. The first kappa shape index (κ1) is 21.6. The van der Waals surface area contributed by atoms with E-state index in [1.807, 2.05) is 24.4 Å². The zero-order valence-electron chi connectivity index (χ0n) is 18.3. The van der Waals surface area contributed by atoms with Crippen LogP contribution in [0.3, 0.4) is 0 Å². The van der Waals surface area contributed by atoms with Gasteiger partial charge in [0.1, 0.15) is 5.82 Å². The first-order chi connectivity index (χ1) is 14.0.